The highest BCUT2D eigenvalue weighted by Gasteiger charge is 2.27. The molecular weight excluding hydrogens is 370 g/mol. The fraction of sp³-hybridized carbons (Fsp3) is 0.619. The Kier molecular flexibility index (Phi) is 6.51. The van der Waals surface area contributed by atoms with Crippen molar-refractivity contribution in [2.45, 2.75) is 63.5 Å². The predicted octanol–water partition coefficient (Wildman–Crippen LogP) is 2.25. The van der Waals surface area contributed by atoms with Crippen molar-refractivity contribution in [2.75, 3.05) is 20.3 Å². The van der Waals surface area contributed by atoms with Crippen molar-refractivity contribution in [2.24, 2.45) is 0 Å². The summed E-state index contributed by atoms with van der Waals surface area (Å²) in [5.41, 5.74) is 2.53. The summed E-state index contributed by atoms with van der Waals surface area (Å²) in [7, 11) is 1.68. The number of nitrogens with one attached hydrogen (secondary N) is 1. The van der Waals surface area contributed by atoms with Gasteiger partial charge in [-0.3, -0.25) is 9.36 Å². The lowest BCUT2D eigenvalue weighted by molar-refractivity contribution is -0.00409. The average molecular weight is 399 g/mol. The van der Waals surface area contributed by atoms with Crippen LogP contribution in [0, 0.1) is 0 Å². The minimum Gasteiger partial charge on any atom is -0.382 e. The number of carbonyl (C=O) groups excluding carboxylic acids is 1. The summed E-state index contributed by atoms with van der Waals surface area (Å²) in [4.78, 5) is 26.5. The number of hydrogen-bond donors (Lipinski definition) is 1. The Morgan fingerprint density at radius 2 is 2.00 bits per heavy atom. The summed E-state index contributed by atoms with van der Waals surface area (Å²) in [5, 5.41) is 3.21. The van der Waals surface area contributed by atoms with E-state index in [2.05, 4.69) is 15.3 Å². The standard InChI is InChI=1S/C21H29N5O3/c1-28-12-13-29-16-8-6-15(7-9-16)23-20(27)19-17-4-2-3-5-18(17)24-21(25-19)26-11-10-22-14-26/h10-11,14-16H,2-9,12-13H2,1H3,(H,23,27)/t15-,16-. The maximum Gasteiger partial charge on any atom is 0.270 e. The number of rotatable bonds is 7. The lowest BCUT2D eigenvalue weighted by atomic mass is 9.92. The molecule has 1 N–H and O–H groups in total. The fourth-order valence-electron chi connectivity index (χ4n) is 4.19. The molecule has 0 unspecified atom stereocenters. The summed E-state index contributed by atoms with van der Waals surface area (Å²) in [5.74, 6) is 0.430. The molecule has 156 valence electrons. The van der Waals surface area contributed by atoms with Crippen LogP contribution in [0.5, 0.6) is 0 Å². The molecule has 8 nitrogen and oxygen atoms in total. The van der Waals surface area contributed by atoms with Crippen molar-refractivity contribution in [3.05, 3.63) is 35.7 Å². The zero-order chi connectivity index (χ0) is 20.1. The van der Waals surface area contributed by atoms with Crippen molar-refractivity contribution < 1.29 is 14.3 Å². The zero-order valence-electron chi connectivity index (χ0n) is 17.0. The summed E-state index contributed by atoms with van der Waals surface area (Å²) in [6, 6.07) is 0.163. The number of fused-ring (bicyclic) bond motifs is 1. The van der Waals surface area contributed by atoms with E-state index in [4.69, 9.17) is 14.5 Å². The number of nitrogens with zero attached hydrogens (tertiary/aromatic N) is 4. The Balaban J connectivity index is 1.44. The second kappa shape index (κ2) is 9.45. The van der Waals surface area contributed by atoms with Crippen LogP contribution in [0.1, 0.15) is 60.3 Å². The number of hydrogen-bond acceptors (Lipinski definition) is 6. The molecule has 2 aliphatic rings. The Morgan fingerprint density at radius 1 is 1.17 bits per heavy atom. The molecule has 29 heavy (non-hydrogen) atoms. The lowest BCUT2D eigenvalue weighted by Crippen LogP contribution is -2.40. The van der Waals surface area contributed by atoms with Gasteiger partial charge < -0.3 is 14.8 Å². The first-order valence-electron chi connectivity index (χ1n) is 10.5. The third kappa shape index (κ3) is 4.82. The van der Waals surface area contributed by atoms with Crippen LogP contribution in [0.25, 0.3) is 5.95 Å². The van der Waals surface area contributed by atoms with Crippen LogP contribution in [0.4, 0.5) is 0 Å². The maximum atomic E-state index is 13.1. The monoisotopic (exact) mass is 399 g/mol. The SMILES string of the molecule is COCCO[C@H]1CC[C@H](NC(=O)c2nc(-n3ccnc3)nc3c2CCCC3)CC1. The highest BCUT2D eigenvalue weighted by molar-refractivity contribution is 5.94. The third-order valence-corrected chi connectivity index (χ3v) is 5.77. The molecule has 0 saturated heterocycles. The smallest absolute Gasteiger partial charge is 0.270 e. The third-order valence-electron chi connectivity index (χ3n) is 5.77. The van der Waals surface area contributed by atoms with Gasteiger partial charge in [0, 0.05) is 36.8 Å². The molecule has 0 bridgehead atoms. The molecule has 2 aliphatic carbocycles. The van der Waals surface area contributed by atoms with Crippen LogP contribution in [-0.4, -0.2) is 57.9 Å². The van der Waals surface area contributed by atoms with Gasteiger partial charge in [-0.2, -0.15) is 0 Å². The van der Waals surface area contributed by atoms with Crippen LogP contribution in [0.15, 0.2) is 18.7 Å². The van der Waals surface area contributed by atoms with Gasteiger partial charge in [-0.1, -0.05) is 0 Å². The predicted molar refractivity (Wildman–Crippen MR) is 107 cm³/mol. The number of methoxy groups -OCH3 is 1. The molecule has 0 aromatic carbocycles. The summed E-state index contributed by atoms with van der Waals surface area (Å²) in [6.07, 6.45) is 13.1. The van der Waals surface area contributed by atoms with E-state index in [-0.39, 0.29) is 18.1 Å². The van der Waals surface area contributed by atoms with Gasteiger partial charge in [0.2, 0.25) is 5.95 Å². The number of aromatic nitrogens is 4. The summed E-state index contributed by atoms with van der Waals surface area (Å²) < 4.78 is 12.6. The number of imidazole rings is 1. The summed E-state index contributed by atoms with van der Waals surface area (Å²) in [6.45, 7) is 1.25. The first-order valence-corrected chi connectivity index (χ1v) is 10.5. The van der Waals surface area contributed by atoms with Crippen LogP contribution in [0.2, 0.25) is 0 Å². The van der Waals surface area contributed by atoms with Crippen LogP contribution in [-0.2, 0) is 22.3 Å². The molecule has 8 heteroatoms. The van der Waals surface area contributed by atoms with Crippen LogP contribution >= 0.6 is 0 Å². The van der Waals surface area contributed by atoms with Gasteiger partial charge in [-0.25, -0.2) is 15.0 Å². The second-order valence-electron chi connectivity index (χ2n) is 7.79. The first kappa shape index (κ1) is 20.0. The number of amides is 1. The van der Waals surface area contributed by atoms with Gasteiger partial charge in [0.25, 0.3) is 5.91 Å². The molecule has 0 atom stereocenters. The van der Waals surface area contributed by atoms with E-state index in [0.717, 1.165) is 62.6 Å². The maximum absolute atomic E-state index is 13.1. The first-order chi connectivity index (χ1) is 14.2. The van der Waals surface area contributed by atoms with E-state index in [1.807, 2.05) is 0 Å². The number of ether oxygens (including phenoxy) is 2. The molecule has 0 aliphatic heterocycles. The molecule has 1 saturated carbocycles. The topological polar surface area (TPSA) is 91.2 Å². The highest BCUT2D eigenvalue weighted by Crippen LogP contribution is 2.25. The molecule has 2 aromatic heterocycles. The van der Waals surface area contributed by atoms with Crippen LogP contribution in [0.3, 0.4) is 0 Å². The Labute approximate surface area is 171 Å². The van der Waals surface area contributed by atoms with Gasteiger partial charge in [-0.05, 0) is 51.4 Å². The van der Waals surface area contributed by atoms with Crippen molar-refractivity contribution >= 4 is 5.91 Å². The molecular formula is C21H29N5O3. The van der Waals surface area contributed by atoms with E-state index in [0.29, 0.717) is 24.9 Å². The lowest BCUT2D eigenvalue weighted by Gasteiger charge is -2.29. The zero-order valence-corrected chi connectivity index (χ0v) is 17.0. The number of carbonyl (C=O) groups is 1. The van der Waals surface area contributed by atoms with Gasteiger partial charge in [0.15, 0.2) is 0 Å². The fourth-order valence-corrected chi connectivity index (χ4v) is 4.19. The normalized spacial score (nSPS) is 21.6. The Bertz CT molecular complexity index is 816. The Morgan fingerprint density at radius 3 is 2.76 bits per heavy atom. The molecule has 2 heterocycles. The largest absolute Gasteiger partial charge is 0.382 e. The molecule has 1 fully saturated rings. The van der Waals surface area contributed by atoms with Crippen molar-refractivity contribution in [3.8, 4) is 5.95 Å². The van der Waals surface area contributed by atoms with Gasteiger partial charge in [0.05, 0.1) is 19.3 Å². The minimum atomic E-state index is -0.0873. The van der Waals surface area contributed by atoms with E-state index in [1.165, 1.54) is 0 Å². The summed E-state index contributed by atoms with van der Waals surface area (Å²) >= 11 is 0. The van der Waals surface area contributed by atoms with E-state index >= 15 is 0 Å². The van der Waals surface area contributed by atoms with Gasteiger partial charge in [-0.15, -0.1) is 0 Å². The van der Waals surface area contributed by atoms with E-state index in [9.17, 15) is 4.79 Å². The highest BCUT2D eigenvalue weighted by atomic mass is 16.5. The molecule has 1 amide bonds. The molecule has 0 spiro atoms. The van der Waals surface area contributed by atoms with Crippen molar-refractivity contribution in [1.82, 2.24) is 24.8 Å². The average Bonchev–Trinajstić information content (AvgIpc) is 3.29. The van der Waals surface area contributed by atoms with E-state index in [1.54, 1.807) is 30.4 Å². The molecule has 2 aromatic rings. The van der Waals surface area contributed by atoms with Crippen molar-refractivity contribution in [3.63, 3.8) is 0 Å². The van der Waals surface area contributed by atoms with Gasteiger partial charge >= 0.3 is 0 Å². The second-order valence-corrected chi connectivity index (χ2v) is 7.79. The number of aryl methyl sites for hydroxylation is 1. The van der Waals surface area contributed by atoms with Crippen LogP contribution < -0.4 is 5.32 Å². The molecule has 0 radical (unpaired) electrons. The quantitative estimate of drug-likeness (QED) is 0.718. The minimum absolute atomic E-state index is 0.0873. The van der Waals surface area contributed by atoms with Crippen molar-refractivity contribution in [1.29, 1.82) is 0 Å². The van der Waals surface area contributed by atoms with E-state index < -0.39 is 0 Å². The Hall–Kier alpha value is -2.32. The van der Waals surface area contributed by atoms with Gasteiger partial charge in [0.1, 0.15) is 12.0 Å². The molecule has 4 rings (SSSR count).